The Bertz CT molecular complexity index is 3080. The Hall–Kier alpha value is -7.10. The average molecular weight is 973 g/mol. The van der Waals surface area contributed by atoms with Crippen LogP contribution in [0.3, 0.4) is 0 Å². The van der Waals surface area contributed by atoms with Gasteiger partial charge in [-0.2, -0.15) is 0 Å². The van der Waals surface area contributed by atoms with Crippen LogP contribution in [0.15, 0.2) is 267 Å². The fourth-order valence-corrected chi connectivity index (χ4v) is 12.6. The fraction of sp³-hybridized carbons (Fsp3) is 0.0312. The monoisotopic (exact) mass is 970 g/mol. The van der Waals surface area contributed by atoms with Crippen molar-refractivity contribution >= 4 is 76.4 Å². The van der Waals surface area contributed by atoms with E-state index in [0.717, 1.165) is 44.5 Å². The van der Waals surface area contributed by atoms with Gasteiger partial charge in [0.1, 0.15) is 8.65 Å². The topological polar surface area (TPSA) is 0 Å². The molecule has 0 amide bonds. The van der Waals surface area contributed by atoms with Gasteiger partial charge in [-0.3, -0.25) is 0 Å². The van der Waals surface area contributed by atoms with Crippen molar-refractivity contribution in [2.24, 2.45) is 0 Å². The van der Waals surface area contributed by atoms with Crippen molar-refractivity contribution in [3.05, 3.63) is 323 Å². The lowest BCUT2D eigenvalue weighted by molar-refractivity contribution is 1.07. The molecule has 0 fully saturated rings. The second-order valence-electron chi connectivity index (χ2n) is 16.8. The predicted octanol–water partition coefficient (Wildman–Crippen LogP) is 17.3. The van der Waals surface area contributed by atoms with Crippen molar-refractivity contribution < 1.29 is 0 Å². The van der Waals surface area contributed by atoms with Gasteiger partial charge in [-0.1, -0.05) is 293 Å². The van der Waals surface area contributed by atoms with E-state index in [-0.39, 0.29) is 0 Å². The van der Waals surface area contributed by atoms with E-state index in [0.29, 0.717) is 0 Å². The highest BCUT2D eigenvalue weighted by molar-refractivity contribution is 9.10. The summed E-state index contributed by atoms with van der Waals surface area (Å²) in [5, 5.41) is 0. The molecule has 0 nitrogen and oxygen atoms in total. The van der Waals surface area contributed by atoms with Crippen molar-refractivity contribution in [3.8, 4) is 0 Å². The first-order chi connectivity index (χ1) is 32.6. The molecule has 314 valence electrons. The number of allylic oxidation sites excluding steroid dienone is 8. The maximum absolute atomic E-state index is 4.64. The minimum Gasteiger partial charge on any atom is -0.0695 e. The van der Waals surface area contributed by atoms with Crippen molar-refractivity contribution in [2.75, 3.05) is 0 Å². The smallest absolute Gasteiger partial charge is 0.0695 e. The molecule has 9 aromatic carbocycles. The van der Waals surface area contributed by atoms with E-state index in [1.54, 1.807) is 0 Å². The van der Waals surface area contributed by atoms with Gasteiger partial charge in [-0.15, -0.1) is 0 Å². The molecule has 0 bridgehead atoms. The van der Waals surface area contributed by atoms with Crippen LogP contribution in [0.5, 0.6) is 0 Å². The Kier molecular flexibility index (Phi) is 11.2. The summed E-state index contributed by atoms with van der Waals surface area (Å²) >= 11 is 9.27. The summed E-state index contributed by atoms with van der Waals surface area (Å²) in [5.74, 6) is 0. The van der Waals surface area contributed by atoms with E-state index in [9.17, 15) is 0 Å². The minimum atomic E-state index is -0.719. The van der Waals surface area contributed by atoms with Gasteiger partial charge >= 0.3 is 0 Å². The number of rotatable bonds is 10. The highest BCUT2D eigenvalue weighted by Crippen LogP contribution is 2.67. The first-order valence-electron chi connectivity index (χ1n) is 22.5. The van der Waals surface area contributed by atoms with Crippen LogP contribution in [0, 0.1) is 0 Å². The number of hydrogen-bond acceptors (Lipinski definition) is 0. The maximum atomic E-state index is 4.64. The molecule has 0 aromatic heterocycles. The molecule has 11 rings (SSSR count). The zero-order valence-corrected chi connectivity index (χ0v) is 39.3. The molecule has 66 heavy (non-hydrogen) atoms. The van der Waals surface area contributed by atoms with Gasteiger partial charge < -0.3 is 0 Å². The third-order valence-electron chi connectivity index (χ3n) is 13.0. The van der Waals surface area contributed by atoms with Gasteiger partial charge in [0, 0.05) is 0 Å². The quantitative estimate of drug-likeness (QED) is 0.120. The van der Waals surface area contributed by atoms with Gasteiger partial charge in [0.2, 0.25) is 0 Å². The molecule has 0 saturated heterocycles. The van der Waals surface area contributed by atoms with Crippen LogP contribution in [0.25, 0.3) is 44.6 Å². The van der Waals surface area contributed by atoms with Crippen LogP contribution < -0.4 is 0 Å². The highest BCUT2D eigenvalue weighted by atomic mass is 79.9. The van der Waals surface area contributed by atoms with Crippen LogP contribution >= 0.6 is 31.9 Å². The van der Waals surface area contributed by atoms with E-state index < -0.39 is 8.65 Å². The maximum Gasteiger partial charge on any atom is 0.103 e. The summed E-state index contributed by atoms with van der Waals surface area (Å²) in [6, 6.07) is 97.0. The van der Waals surface area contributed by atoms with Crippen LogP contribution in [0.1, 0.15) is 55.6 Å². The number of hydrogen-bond donors (Lipinski definition) is 0. The molecular formula is C64H44Br2. The average Bonchev–Trinajstić information content (AvgIpc) is 3.85. The Morgan fingerprint density at radius 3 is 0.652 bits per heavy atom. The third kappa shape index (κ3) is 7.04. The molecule has 0 aliphatic heterocycles. The van der Waals surface area contributed by atoms with E-state index >= 15 is 0 Å². The Morgan fingerprint density at radius 2 is 0.394 bits per heavy atom. The Balaban J connectivity index is 1.29. The van der Waals surface area contributed by atoms with E-state index in [1.165, 1.54) is 55.7 Å². The van der Waals surface area contributed by atoms with Crippen molar-refractivity contribution in [1.29, 1.82) is 0 Å². The van der Waals surface area contributed by atoms with Crippen molar-refractivity contribution in [3.63, 3.8) is 0 Å². The molecule has 2 atom stereocenters. The molecule has 2 heteroatoms. The van der Waals surface area contributed by atoms with Crippen molar-refractivity contribution in [1.82, 2.24) is 0 Å². The van der Waals surface area contributed by atoms with Crippen LogP contribution in [-0.4, -0.2) is 0 Å². The third-order valence-corrected chi connectivity index (χ3v) is 15.5. The van der Waals surface area contributed by atoms with Gasteiger partial charge in [-0.05, 0) is 106 Å². The molecule has 0 spiro atoms. The number of benzene rings is 9. The number of alkyl halides is 2. The summed E-state index contributed by atoms with van der Waals surface area (Å²) in [7, 11) is 0. The zero-order valence-electron chi connectivity index (χ0n) is 36.2. The molecule has 0 radical (unpaired) electrons. The fourth-order valence-electron chi connectivity index (χ4n) is 10.3. The lowest BCUT2D eigenvalue weighted by Crippen LogP contribution is -2.20. The summed E-state index contributed by atoms with van der Waals surface area (Å²) in [5.41, 5.74) is 21.2. The van der Waals surface area contributed by atoms with E-state index in [4.69, 9.17) is 0 Å². The van der Waals surface area contributed by atoms with E-state index in [2.05, 4.69) is 299 Å². The molecule has 2 aliphatic rings. The van der Waals surface area contributed by atoms with Crippen LogP contribution in [0.2, 0.25) is 0 Å². The van der Waals surface area contributed by atoms with Gasteiger partial charge in [0.05, 0.1) is 0 Å². The van der Waals surface area contributed by atoms with Gasteiger partial charge in [-0.25, -0.2) is 0 Å². The molecule has 0 N–H and O–H groups in total. The molecule has 0 heterocycles. The lowest BCUT2D eigenvalue weighted by atomic mass is 9.80. The van der Waals surface area contributed by atoms with Gasteiger partial charge in [0.15, 0.2) is 0 Å². The normalized spacial score (nSPS) is 18.3. The number of halogens is 2. The lowest BCUT2D eigenvalue weighted by Gasteiger charge is -2.32. The summed E-state index contributed by atoms with van der Waals surface area (Å²) in [4.78, 5) is 0. The van der Waals surface area contributed by atoms with Gasteiger partial charge in [0.25, 0.3) is 0 Å². The summed E-state index contributed by atoms with van der Waals surface area (Å²) < 4.78 is -1.44. The molecule has 0 saturated carbocycles. The zero-order chi connectivity index (χ0) is 44.5. The van der Waals surface area contributed by atoms with E-state index in [1.807, 2.05) is 0 Å². The highest BCUT2D eigenvalue weighted by Gasteiger charge is 2.50. The first kappa shape index (κ1) is 41.6. The van der Waals surface area contributed by atoms with Crippen molar-refractivity contribution in [2.45, 2.75) is 8.65 Å². The largest absolute Gasteiger partial charge is 0.103 e. The molecule has 2 unspecified atom stereocenters. The Morgan fingerprint density at radius 1 is 0.197 bits per heavy atom. The molecule has 9 aromatic rings. The first-order valence-corrected chi connectivity index (χ1v) is 24.1. The summed E-state index contributed by atoms with van der Waals surface area (Å²) in [6.45, 7) is 0. The Labute approximate surface area is 405 Å². The van der Waals surface area contributed by atoms with Crippen LogP contribution in [0.4, 0.5) is 0 Å². The minimum absolute atomic E-state index is 0.719. The van der Waals surface area contributed by atoms with Crippen LogP contribution in [-0.2, 0) is 8.65 Å². The molecular weight excluding hydrogens is 929 g/mol. The second kappa shape index (κ2) is 17.7. The molecule has 2 aliphatic carbocycles. The standard InChI is InChI=1S/C64H44Br2/c65-63(53-40-21-7-22-41-53)59(47-30-13-3-14-31-47)55(45-26-9-1-10-27-45)57(61(63)49-34-17-5-18-35-49)51-38-25-39-52(44-51)58-56(46-28-11-2-12-29-46)60(48-32-15-4-16-33-48)64(66,54-42-23-8-24-43-54)62(58)50-36-19-6-20-37-50/h1-44H. The summed E-state index contributed by atoms with van der Waals surface area (Å²) in [6.07, 6.45) is 0. The predicted molar refractivity (Wildman–Crippen MR) is 286 cm³/mol. The second-order valence-corrected chi connectivity index (χ2v) is 19.2. The SMILES string of the molecule is BrC1(c2ccccc2)C(c2ccccc2)=C(c2ccccc2)C(c2cccc(C3=C(c4ccccc4)C(Br)(c4ccccc4)C(c4ccccc4)=C3c3ccccc3)c2)=C1c1ccccc1.